The molecule has 10 N–H and O–H groups in total. The van der Waals surface area contributed by atoms with Crippen LogP contribution >= 0.6 is 0 Å². The normalized spacial score (nSPS) is 35.9. The number of aliphatic carboxylic acids is 1. The average molecular weight is 1050 g/mol. The monoisotopic (exact) mass is 1050 g/mol. The van der Waals surface area contributed by atoms with Crippen molar-refractivity contribution in [3.8, 4) is 11.3 Å². The molecule has 4 aliphatic rings. The number of ether oxygens (including phenoxy) is 8. The molecule has 0 radical (unpaired) electrons. The molecule has 1 aromatic heterocycles. The highest BCUT2D eigenvalue weighted by atomic mass is 16.7. The van der Waals surface area contributed by atoms with Gasteiger partial charge in [0.15, 0.2) is 31.1 Å². The number of aromatic nitrogens is 3. The van der Waals surface area contributed by atoms with Gasteiger partial charge in [0.25, 0.3) is 0 Å². The molecule has 0 spiro atoms. The van der Waals surface area contributed by atoms with E-state index >= 15 is 0 Å². The van der Waals surface area contributed by atoms with E-state index in [0.29, 0.717) is 18.5 Å². The number of hydrogen-bond acceptors (Lipinski definition) is 21. The maximum absolute atomic E-state index is 14.2. The number of carbonyl (C=O) groups is 3. The fourth-order valence-corrected chi connectivity index (χ4v) is 9.98. The van der Waals surface area contributed by atoms with Crippen LogP contribution < -0.4 is 5.32 Å². The number of aliphatic hydroxyl groups is 8. The molecule has 24 nitrogen and oxygen atoms in total. The fourth-order valence-electron chi connectivity index (χ4n) is 9.98. The minimum absolute atomic E-state index is 0.00484. The lowest BCUT2D eigenvalue weighted by molar-refractivity contribution is -0.349. The molecule has 3 saturated heterocycles. The van der Waals surface area contributed by atoms with Gasteiger partial charge in [-0.25, -0.2) is 14.3 Å². The van der Waals surface area contributed by atoms with Crippen LogP contribution in [0.2, 0.25) is 0 Å². The summed E-state index contributed by atoms with van der Waals surface area (Å²) in [7, 11) is 0. The summed E-state index contributed by atoms with van der Waals surface area (Å²) >= 11 is 0. The molecule has 74 heavy (non-hydrogen) atoms. The molecule has 24 heteroatoms. The smallest absolute Gasteiger partial charge is 0.338 e. The molecule has 0 bridgehead atoms. The number of carboxylic acid groups (broad SMARTS) is 1. The van der Waals surface area contributed by atoms with Crippen molar-refractivity contribution in [2.45, 2.75) is 170 Å². The summed E-state index contributed by atoms with van der Waals surface area (Å²) in [5.74, 6) is -4.18. The highest BCUT2D eigenvalue weighted by Crippen LogP contribution is 2.40. The van der Waals surface area contributed by atoms with Crippen LogP contribution in [0.3, 0.4) is 0 Å². The number of esters is 1. The van der Waals surface area contributed by atoms with E-state index in [-0.39, 0.29) is 38.0 Å². The first kappa shape index (κ1) is 57.1. The summed E-state index contributed by atoms with van der Waals surface area (Å²) in [5.41, 5.74) is 2.30. The molecule has 9 unspecified atom stereocenters. The van der Waals surface area contributed by atoms with Gasteiger partial charge in [-0.1, -0.05) is 73.9 Å². The largest absolute Gasteiger partial charge is 0.479 e. The Bertz CT molecular complexity index is 2280. The van der Waals surface area contributed by atoms with E-state index < -0.39 is 153 Å². The van der Waals surface area contributed by atoms with Crippen LogP contribution in [0.4, 0.5) is 0 Å². The second kappa shape index (κ2) is 26.0. The predicted octanol–water partition coefficient (Wildman–Crippen LogP) is -0.657. The number of benzene rings is 2. The first-order valence-corrected chi connectivity index (χ1v) is 25.1. The molecule has 2 aromatic carbocycles. The zero-order valence-electron chi connectivity index (χ0n) is 41.5. The molecule has 20 atom stereocenters. The number of amides is 1. The van der Waals surface area contributed by atoms with Gasteiger partial charge in [-0.2, -0.15) is 0 Å². The first-order chi connectivity index (χ1) is 35.5. The van der Waals surface area contributed by atoms with E-state index in [1.165, 1.54) is 23.7 Å². The molecular weight excluding hydrogens is 977 g/mol. The third-order valence-corrected chi connectivity index (χ3v) is 14.1. The van der Waals surface area contributed by atoms with E-state index in [1.807, 2.05) is 38.1 Å². The Hall–Kier alpha value is -4.61. The lowest BCUT2D eigenvalue weighted by atomic mass is 9.75. The number of nitrogens with zero attached hydrogens (tertiary/aromatic N) is 3. The number of rotatable bonds is 21. The zero-order chi connectivity index (χ0) is 53.4. The molecule has 410 valence electrons. The van der Waals surface area contributed by atoms with Crippen LogP contribution in [0, 0.1) is 18.8 Å². The highest BCUT2D eigenvalue weighted by molar-refractivity contribution is 5.89. The Kier molecular flexibility index (Phi) is 20.0. The van der Waals surface area contributed by atoms with E-state index in [0.717, 1.165) is 11.1 Å². The minimum Gasteiger partial charge on any atom is -0.479 e. The predicted molar refractivity (Wildman–Crippen MR) is 253 cm³/mol. The van der Waals surface area contributed by atoms with Crippen molar-refractivity contribution in [2.24, 2.45) is 11.8 Å². The molecule has 3 aliphatic heterocycles. The van der Waals surface area contributed by atoms with Gasteiger partial charge in [0.1, 0.15) is 66.7 Å². The van der Waals surface area contributed by atoms with Crippen molar-refractivity contribution in [1.29, 1.82) is 0 Å². The van der Waals surface area contributed by atoms with Gasteiger partial charge in [0.05, 0.1) is 49.9 Å². The Morgan fingerprint density at radius 2 is 1.51 bits per heavy atom. The minimum atomic E-state index is -1.75. The van der Waals surface area contributed by atoms with Crippen molar-refractivity contribution in [3.63, 3.8) is 0 Å². The maximum Gasteiger partial charge on any atom is 0.338 e. The van der Waals surface area contributed by atoms with Crippen molar-refractivity contribution >= 4 is 17.8 Å². The van der Waals surface area contributed by atoms with Crippen LogP contribution in [0.25, 0.3) is 11.3 Å². The van der Waals surface area contributed by atoms with E-state index in [4.69, 9.17) is 37.9 Å². The van der Waals surface area contributed by atoms with E-state index in [9.17, 15) is 60.3 Å². The Balaban J connectivity index is 1.11. The number of hydrogen-bond donors (Lipinski definition) is 10. The summed E-state index contributed by atoms with van der Waals surface area (Å²) in [5, 5.41) is 108. The lowest BCUT2D eigenvalue weighted by Crippen LogP contribution is -2.64. The summed E-state index contributed by atoms with van der Waals surface area (Å²) in [6.45, 7) is 5.16. The SMILES string of the molecule is CCC[C@H](OC1C(OC(=O)c2ccccc2)[C@H](O[C@@H]2CC(C(=O)NCCO[C@H]3O[C@H](CO)[C@@H](O)C(n4cc(-c5cccc(C)c5)nn4)C3O)C[C@@H](CC)C2O[C@@H]2OC(C)[C@@H](O)[C@H](O)C2O)OC(CO)[C@@H]1O)C(=O)O. The first-order valence-electron chi connectivity index (χ1n) is 25.1. The molecular formula is C50H70N4O20. The second-order valence-electron chi connectivity index (χ2n) is 19.3. The standard InChI is InChI=1S/C50H70N4O20/c1-5-11-31(46(64)65)69-43-38(59)34(23-56)72-50(44(43)73-47(66)27-13-8-7-9-14-27)70-32-20-29(19-26(6-2)42(32)74-49-41(62)40(61)36(57)25(4)68-49)45(63)51-16-17-67-48-39(60)35(37(58)33(22-55)71-48)54-21-30(52-53-54)28-15-10-12-24(3)18-28/h7-10,12-15,18,21,25-26,29,31-44,48-50,55-62H,5-6,11,16-17,19-20,22-23H2,1-4H3,(H,51,63)(H,64,65)/t25?,26-,29?,31+,32-,33-,34?,35?,36-,37-,38+,39?,40+,41?,42?,43?,44?,48+,49+,50-/m1/s1. The summed E-state index contributed by atoms with van der Waals surface area (Å²) in [6, 6.07) is 14.1. The Morgan fingerprint density at radius 3 is 2.19 bits per heavy atom. The van der Waals surface area contributed by atoms with E-state index in [1.54, 1.807) is 31.3 Å². The van der Waals surface area contributed by atoms with Crippen LogP contribution in [0.15, 0.2) is 60.8 Å². The van der Waals surface area contributed by atoms with Crippen molar-refractivity contribution in [2.75, 3.05) is 26.4 Å². The van der Waals surface area contributed by atoms with Crippen LogP contribution in [-0.2, 0) is 47.5 Å². The van der Waals surface area contributed by atoms with Gasteiger partial charge in [-0.05, 0) is 57.2 Å². The molecule has 1 amide bonds. The fraction of sp³-hybridized carbons (Fsp3) is 0.660. The number of carbonyl (C=O) groups excluding carboxylic acids is 2. The Labute approximate surface area is 427 Å². The number of carboxylic acids is 1. The van der Waals surface area contributed by atoms with Crippen molar-refractivity contribution in [3.05, 3.63) is 71.9 Å². The van der Waals surface area contributed by atoms with Crippen molar-refractivity contribution < 1.29 is 98.2 Å². The zero-order valence-corrected chi connectivity index (χ0v) is 41.5. The van der Waals surface area contributed by atoms with Gasteiger partial charge in [0, 0.05) is 18.0 Å². The topological polar surface area (TPSA) is 350 Å². The quantitative estimate of drug-likeness (QED) is 0.0468. The highest BCUT2D eigenvalue weighted by Gasteiger charge is 2.54. The summed E-state index contributed by atoms with van der Waals surface area (Å²) in [6.07, 6.45) is -22.7. The molecule has 4 heterocycles. The van der Waals surface area contributed by atoms with Crippen LogP contribution in [0.5, 0.6) is 0 Å². The maximum atomic E-state index is 14.2. The lowest BCUT2D eigenvalue weighted by Gasteiger charge is -2.48. The summed E-state index contributed by atoms with van der Waals surface area (Å²) in [4.78, 5) is 40.4. The number of aryl methyl sites for hydroxylation is 1. The molecule has 7 rings (SSSR count). The third-order valence-electron chi connectivity index (χ3n) is 14.1. The molecule has 1 aliphatic carbocycles. The third kappa shape index (κ3) is 13.1. The average Bonchev–Trinajstić information content (AvgIpc) is 3.88. The number of aliphatic hydroxyl groups excluding tert-OH is 8. The van der Waals surface area contributed by atoms with Gasteiger partial charge >= 0.3 is 11.9 Å². The molecule has 3 aromatic rings. The van der Waals surface area contributed by atoms with Crippen molar-refractivity contribution in [1.82, 2.24) is 20.3 Å². The van der Waals surface area contributed by atoms with Crippen LogP contribution in [-0.4, -0.2) is 209 Å². The second-order valence-corrected chi connectivity index (χ2v) is 19.3. The number of nitrogens with one attached hydrogen (secondary N) is 1. The Morgan fingerprint density at radius 1 is 0.797 bits per heavy atom. The molecule has 4 fully saturated rings. The van der Waals surface area contributed by atoms with Gasteiger partial charge in [-0.15, -0.1) is 5.10 Å². The van der Waals surface area contributed by atoms with Gasteiger partial charge in [0.2, 0.25) is 5.91 Å². The molecule has 1 saturated carbocycles. The van der Waals surface area contributed by atoms with E-state index in [2.05, 4.69) is 15.6 Å². The summed E-state index contributed by atoms with van der Waals surface area (Å²) < 4.78 is 49.9. The van der Waals surface area contributed by atoms with Crippen LogP contribution in [0.1, 0.15) is 74.8 Å². The van der Waals surface area contributed by atoms with Gasteiger partial charge < -0.3 is 89.2 Å². The van der Waals surface area contributed by atoms with Gasteiger partial charge in [-0.3, -0.25) is 4.79 Å².